The van der Waals surface area contributed by atoms with Gasteiger partial charge in [-0.2, -0.15) is 0 Å². The van der Waals surface area contributed by atoms with Crippen LogP contribution >= 0.6 is 11.8 Å². The number of thioether (sulfide) groups is 1. The van der Waals surface area contributed by atoms with Gasteiger partial charge in [0.25, 0.3) is 11.5 Å². The van der Waals surface area contributed by atoms with Gasteiger partial charge < -0.3 is 19.6 Å². The lowest BCUT2D eigenvalue weighted by Gasteiger charge is -2.33. The Balaban J connectivity index is 1.68. The molecule has 0 aliphatic carbocycles. The molecule has 1 aliphatic rings. The minimum absolute atomic E-state index is 0.155. The number of nitrogens with zero attached hydrogens (tertiary/aromatic N) is 1. The van der Waals surface area contributed by atoms with Crippen molar-refractivity contribution in [3.05, 3.63) is 63.2 Å². The molecule has 1 fully saturated rings. The van der Waals surface area contributed by atoms with E-state index >= 15 is 0 Å². The number of hydrogen-bond donors (Lipinski definition) is 2. The molecule has 1 atom stereocenters. The Morgan fingerprint density at radius 1 is 1.33 bits per heavy atom. The summed E-state index contributed by atoms with van der Waals surface area (Å²) in [7, 11) is 0. The number of carbonyl (C=O) groups excluding carboxylic acids is 1. The van der Waals surface area contributed by atoms with Crippen molar-refractivity contribution in [2.45, 2.75) is 38.3 Å². The van der Waals surface area contributed by atoms with Crippen LogP contribution in [-0.2, 0) is 11.3 Å². The van der Waals surface area contributed by atoms with Crippen molar-refractivity contribution in [2.75, 3.05) is 19.5 Å². The summed E-state index contributed by atoms with van der Waals surface area (Å²) >= 11 is 1.51. The highest BCUT2D eigenvalue weighted by molar-refractivity contribution is 7.98. The summed E-state index contributed by atoms with van der Waals surface area (Å²) < 4.78 is 7.64. The van der Waals surface area contributed by atoms with E-state index in [1.165, 1.54) is 11.8 Å². The molecule has 1 aromatic carbocycles. The van der Waals surface area contributed by atoms with E-state index in [9.17, 15) is 9.59 Å². The molecule has 2 N–H and O–H groups in total. The first-order valence-electron chi connectivity index (χ1n) is 10.1. The minimum Gasteiger partial charge on any atom is -0.381 e. The van der Waals surface area contributed by atoms with Gasteiger partial charge in [0.15, 0.2) is 0 Å². The Morgan fingerprint density at radius 2 is 2.07 bits per heavy atom. The molecule has 1 amide bonds. The number of para-hydroxylation sites is 1. The summed E-state index contributed by atoms with van der Waals surface area (Å²) in [4.78, 5) is 29.4. The van der Waals surface area contributed by atoms with Crippen molar-refractivity contribution < 1.29 is 9.53 Å². The van der Waals surface area contributed by atoms with Gasteiger partial charge in [-0.3, -0.25) is 9.59 Å². The van der Waals surface area contributed by atoms with Gasteiger partial charge in [0.2, 0.25) is 0 Å². The van der Waals surface area contributed by atoms with Gasteiger partial charge in [0, 0.05) is 51.3 Å². The van der Waals surface area contributed by atoms with Gasteiger partial charge >= 0.3 is 0 Å². The smallest absolute Gasteiger partial charge is 0.254 e. The molecule has 3 aromatic rings. The number of H-pyrrole nitrogens is 1. The summed E-state index contributed by atoms with van der Waals surface area (Å²) in [6.07, 6.45) is 1.93. The molecule has 4 rings (SSSR count). The van der Waals surface area contributed by atoms with Gasteiger partial charge in [0.05, 0.1) is 18.8 Å². The van der Waals surface area contributed by atoms with Crippen molar-refractivity contribution in [1.29, 1.82) is 0 Å². The third-order valence-electron chi connectivity index (χ3n) is 6.01. The van der Waals surface area contributed by atoms with Crippen LogP contribution in [0.1, 0.15) is 40.3 Å². The molecule has 30 heavy (non-hydrogen) atoms. The Labute approximate surface area is 180 Å². The zero-order valence-electron chi connectivity index (χ0n) is 17.7. The van der Waals surface area contributed by atoms with Gasteiger partial charge in [0.1, 0.15) is 0 Å². The molecule has 0 radical (unpaired) electrons. The first kappa shape index (κ1) is 20.8. The van der Waals surface area contributed by atoms with Gasteiger partial charge in [-0.1, -0.05) is 18.2 Å². The lowest BCUT2D eigenvalue weighted by atomic mass is 9.99. The molecule has 2 aromatic heterocycles. The highest BCUT2D eigenvalue weighted by Crippen LogP contribution is 2.34. The molecular weight excluding hydrogens is 398 g/mol. The van der Waals surface area contributed by atoms with Crippen LogP contribution in [0.5, 0.6) is 0 Å². The Kier molecular flexibility index (Phi) is 5.75. The number of pyridine rings is 1. The maximum Gasteiger partial charge on any atom is 0.254 e. The molecule has 3 heterocycles. The molecule has 1 aliphatic heterocycles. The zero-order valence-corrected chi connectivity index (χ0v) is 18.6. The van der Waals surface area contributed by atoms with Crippen LogP contribution in [0.15, 0.2) is 40.0 Å². The van der Waals surface area contributed by atoms with E-state index < -0.39 is 0 Å². The van der Waals surface area contributed by atoms with Crippen molar-refractivity contribution in [1.82, 2.24) is 14.9 Å². The van der Waals surface area contributed by atoms with E-state index in [1.54, 1.807) is 0 Å². The van der Waals surface area contributed by atoms with E-state index in [-0.39, 0.29) is 24.1 Å². The van der Waals surface area contributed by atoms with E-state index in [0.717, 1.165) is 40.4 Å². The van der Waals surface area contributed by atoms with Gasteiger partial charge in [-0.25, -0.2) is 0 Å². The Bertz CT molecular complexity index is 1160. The number of ether oxygens (including phenoxy) is 1. The van der Waals surface area contributed by atoms with Crippen molar-refractivity contribution in [3.8, 4) is 0 Å². The number of aromatic nitrogens is 2. The molecular formula is C23H27N3O3S. The monoisotopic (exact) mass is 425 g/mol. The largest absolute Gasteiger partial charge is 0.381 e. The molecule has 6 nitrogen and oxygen atoms in total. The van der Waals surface area contributed by atoms with Crippen LogP contribution in [0, 0.1) is 19.8 Å². The highest BCUT2D eigenvalue weighted by Gasteiger charge is 2.30. The normalized spacial score (nSPS) is 15.2. The lowest BCUT2D eigenvalue weighted by Crippen LogP contribution is -2.35. The second kappa shape index (κ2) is 8.32. The molecule has 7 heteroatoms. The standard InChI is InChI=1S/C23H27N3O3S/c1-13-9-20(30-4)18(22(27)25-13)10-24-23(28)21-15(3)26(14(2)16-11-29-12-16)19-8-6-5-7-17(19)21/h5-9,14,16H,10-12H2,1-4H3,(H,24,28)(H,25,27)/t14-/m1/s1. The number of nitrogens with one attached hydrogen (secondary N) is 2. The fraction of sp³-hybridized carbons (Fsp3) is 0.391. The fourth-order valence-electron chi connectivity index (χ4n) is 4.24. The summed E-state index contributed by atoms with van der Waals surface area (Å²) in [5, 5.41) is 3.92. The van der Waals surface area contributed by atoms with Crippen molar-refractivity contribution >= 4 is 28.6 Å². The quantitative estimate of drug-likeness (QED) is 0.589. The minimum atomic E-state index is -0.161. The van der Waals surface area contributed by atoms with E-state index in [2.05, 4.69) is 27.9 Å². The molecule has 0 saturated carbocycles. The number of rotatable bonds is 6. The second-order valence-corrected chi connectivity index (χ2v) is 8.74. The van der Waals surface area contributed by atoms with Crippen molar-refractivity contribution in [3.63, 3.8) is 0 Å². The number of hydrogen-bond acceptors (Lipinski definition) is 4. The predicted molar refractivity (Wildman–Crippen MR) is 120 cm³/mol. The molecule has 158 valence electrons. The highest BCUT2D eigenvalue weighted by atomic mass is 32.2. The van der Waals surface area contributed by atoms with E-state index in [1.807, 2.05) is 44.4 Å². The number of fused-ring (bicyclic) bond motifs is 1. The average molecular weight is 426 g/mol. The maximum absolute atomic E-state index is 13.3. The summed E-state index contributed by atoms with van der Waals surface area (Å²) in [5.74, 6) is 0.289. The van der Waals surface area contributed by atoms with Crippen LogP contribution in [0.3, 0.4) is 0 Å². The topological polar surface area (TPSA) is 76.1 Å². The van der Waals surface area contributed by atoms with Crippen molar-refractivity contribution in [2.24, 2.45) is 5.92 Å². The van der Waals surface area contributed by atoms with Crippen LogP contribution in [0.25, 0.3) is 10.9 Å². The first-order chi connectivity index (χ1) is 14.4. The maximum atomic E-state index is 13.3. The first-order valence-corrected chi connectivity index (χ1v) is 11.4. The second-order valence-electron chi connectivity index (χ2n) is 7.90. The molecule has 0 bridgehead atoms. The van der Waals surface area contributed by atoms with E-state index in [0.29, 0.717) is 17.0 Å². The molecule has 1 saturated heterocycles. The SMILES string of the molecule is CSc1cc(C)[nH]c(=O)c1CNC(=O)c1c(C)n([C@H](C)C2COC2)c2ccccc12. The molecule has 0 unspecified atom stereocenters. The number of amides is 1. The Hall–Kier alpha value is -2.51. The Morgan fingerprint density at radius 3 is 2.73 bits per heavy atom. The zero-order chi connectivity index (χ0) is 21.4. The van der Waals surface area contributed by atoms with Crippen LogP contribution < -0.4 is 10.9 Å². The third-order valence-corrected chi connectivity index (χ3v) is 6.82. The van der Waals surface area contributed by atoms with Gasteiger partial charge in [-0.05, 0) is 39.2 Å². The van der Waals surface area contributed by atoms with Crippen LogP contribution in [-0.4, -0.2) is 34.9 Å². The molecule has 0 spiro atoms. The third kappa shape index (κ3) is 3.56. The van der Waals surface area contributed by atoms with E-state index in [4.69, 9.17) is 4.74 Å². The number of carbonyl (C=O) groups is 1. The van der Waals surface area contributed by atoms with Crippen LogP contribution in [0.2, 0.25) is 0 Å². The fourth-order valence-corrected chi connectivity index (χ4v) is 4.94. The summed E-state index contributed by atoms with van der Waals surface area (Å²) in [5.41, 5.74) is 3.91. The van der Waals surface area contributed by atoms with Crippen LogP contribution in [0.4, 0.5) is 0 Å². The lowest BCUT2D eigenvalue weighted by molar-refractivity contribution is -0.0531. The predicted octanol–water partition coefficient (Wildman–Crippen LogP) is 3.81. The number of aryl methyl sites for hydroxylation is 1. The number of benzene rings is 1. The number of aromatic amines is 1. The van der Waals surface area contributed by atoms with Gasteiger partial charge in [-0.15, -0.1) is 11.8 Å². The average Bonchev–Trinajstić information content (AvgIpc) is 2.96. The summed E-state index contributed by atoms with van der Waals surface area (Å²) in [6.45, 7) is 7.73. The summed E-state index contributed by atoms with van der Waals surface area (Å²) in [6, 6.07) is 10.2.